The topological polar surface area (TPSA) is 46.6 Å². The lowest BCUT2D eigenvalue weighted by atomic mass is 10.0. The van der Waals surface area contributed by atoms with Gasteiger partial charge in [0.1, 0.15) is 0 Å². The van der Waals surface area contributed by atoms with Crippen LogP contribution < -0.4 is 4.90 Å². The molecule has 0 spiro atoms. The van der Waals surface area contributed by atoms with Crippen LogP contribution in [0, 0.1) is 0 Å². The number of anilines is 1. The molecule has 4 nitrogen and oxygen atoms in total. The van der Waals surface area contributed by atoms with Crippen molar-refractivity contribution in [3.05, 3.63) is 29.8 Å². The van der Waals surface area contributed by atoms with Crippen molar-refractivity contribution in [1.29, 1.82) is 0 Å². The van der Waals surface area contributed by atoms with Crippen molar-refractivity contribution in [3.63, 3.8) is 0 Å². The van der Waals surface area contributed by atoms with E-state index in [1.165, 1.54) is 0 Å². The summed E-state index contributed by atoms with van der Waals surface area (Å²) >= 11 is 0. The molecule has 1 rings (SSSR count). The van der Waals surface area contributed by atoms with E-state index in [4.69, 9.17) is 4.74 Å². The average Bonchev–Trinajstić information content (AvgIpc) is 2.59. The zero-order chi connectivity index (χ0) is 17.8. The van der Waals surface area contributed by atoms with Crippen molar-refractivity contribution < 1.29 is 14.3 Å². The van der Waals surface area contributed by atoms with Gasteiger partial charge in [0.15, 0.2) is 5.78 Å². The maximum atomic E-state index is 12.2. The summed E-state index contributed by atoms with van der Waals surface area (Å²) < 4.78 is 4.89. The van der Waals surface area contributed by atoms with Gasteiger partial charge >= 0.3 is 5.97 Å². The number of nitrogens with zero attached hydrogens (tertiary/aromatic N) is 1. The van der Waals surface area contributed by atoms with Crippen molar-refractivity contribution in [1.82, 2.24) is 0 Å². The highest BCUT2D eigenvalue weighted by Gasteiger charge is 2.07. The van der Waals surface area contributed by atoms with Crippen molar-refractivity contribution in [2.45, 2.75) is 59.3 Å². The Morgan fingerprint density at radius 1 is 0.875 bits per heavy atom. The second-order valence-electron chi connectivity index (χ2n) is 5.86. The summed E-state index contributed by atoms with van der Waals surface area (Å²) in [5.74, 6) is 0.0772. The zero-order valence-corrected chi connectivity index (χ0v) is 15.3. The molecule has 24 heavy (non-hydrogen) atoms. The number of hydrogen-bond acceptors (Lipinski definition) is 4. The molecule has 0 aliphatic rings. The third kappa shape index (κ3) is 7.16. The van der Waals surface area contributed by atoms with Gasteiger partial charge in [0.05, 0.1) is 6.61 Å². The molecule has 0 aliphatic heterocycles. The molecule has 1 aromatic rings. The molecule has 134 valence electrons. The number of ether oxygens (including phenoxy) is 1. The van der Waals surface area contributed by atoms with E-state index in [9.17, 15) is 9.59 Å². The maximum absolute atomic E-state index is 12.2. The lowest BCUT2D eigenvalue weighted by Gasteiger charge is -2.21. The van der Waals surface area contributed by atoms with Gasteiger partial charge in [0.25, 0.3) is 0 Å². The number of carbonyl (C=O) groups is 2. The van der Waals surface area contributed by atoms with Gasteiger partial charge < -0.3 is 9.64 Å². The molecule has 0 aliphatic carbocycles. The molecule has 0 saturated heterocycles. The van der Waals surface area contributed by atoms with Gasteiger partial charge in [-0.25, -0.2) is 0 Å². The van der Waals surface area contributed by atoms with Gasteiger partial charge in [-0.05, 0) is 57.9 Å². The Hall–Kier alpha value is -1.84. The fourth-order valence-corrected chi connectivity index (χ4v) is 2.73. The molecule has 0 saturated carbocycles. The van der Waals surface area contributed by atoms with Crippen LogP contribution in [0.1, 0.15) is 69.7 Å². The van der Waals surface area contributed by atoms with Crippen LogP contribution in [0.2, 0.25) is 0 Å². The number of rotatable bonds is 12. The van der Waals surface area contributed by atoms with Gasteiger partial charge in [-0.2, -0.15) is 0 Å². The molecule has 0 unspecified atom stereocenters. The first-order valence-corrected chi connectivity index (χ1v) is 9.16. The highest BCUT2D eigenvalue weighted by atomic mass is 16.5. The van der Waals surface area contributed by atoms with E-state index >= 15 is 0 Å². The molecule has 0 bridgehead atoms. The van der Waals surface area contributed by atoms with E-state index in [0.717, 1.165) is 50.0 Å². The fraction of sp³-hybridized carbons (Fsp3) is 0.600. The predicted molar refractivity (Wildman–Crippen MR) is 98.7 cm³/mol. The number of hydrogen-bond donors (Lipinski definition) is 0. The van der Waals surface area contributed by atoms with E-state index < -0.39 is 0 Å². The molecule has 0 amide bonds. The molecule has 0 fully saturated rings. The summed E-state index contributed by atoms with van der Waals surface area (Å²) in [6.07, 6.45) is 4.71. The number of carbonyl (C=O) groups excluding carboxylic acids is 2. The van der Waals surface area contributed by atoms with Crippen LogP contribution >= 0.6 is 0 Å². The monoisotopic (exact) mass is 333 g/mol. The van der Waals surface area contributed by atoms with Crippen molar-refractivity contribution in [2.75, 3.05) is 24.6 Å². The number of Topliss-reactive ketones (excluding diaryl/α,β-unsaturated/α-hetero) is 1. The molecule has 0 heterocycles. The van der Waals surface area contributed by atoms with E-state index in [-0.39, 0.29) is 11.8 Å². The fourth-order valence-electron chi connectivity index (χ4n) is 2.73. The molecule has 1 aromatic carbocycles. The second-order valence-corrected chi connectivity index (χ2v) is 5.86. The Labute approximate surface area is 146 Å². The normalized spacial score (nSPS) is 10.5. The van der Waals surface area contributed by atoms with Crippen molar-refractivity contribution >= 4 is 17.4 Å². The third-order valence-electron chi connectivity index (χ3n) is 4.16. The molecule has 4 heteroatoms. The summed E-state index contributed by atoms with van der Waals surface area (Å²) in [6, 6.07) is 7.91. The number of ketones is 1. The molecule has 0 atom stereocenters. The van der Waals surface area contributed by atoms with Gasteiger partial charge in [0.2, 0.25) is 0 Å². The molecule has 0 N–H and O–H groups in total. The third-order valence-corrected chi connectivity index (χ3v) is 4.16. The highest BCUT2D eigenvalue weighted by molar-refractivity contribution is 5.96. The second kappa shape index (κ2) is 11.7. The first-order chi connectivity index (χ1) is 11.6. The van der Waals surface area contributed by atoms with Gasteiger partial charge in [-0.15, -0.1) is 0 Å². The summed E-state index contributed by atoms with van der Waals surface area (Å²) in [5, 5.41) is 0. The van der Waals surface area contributed by atoms with Gasteiger partial charge in [-0.1, -0.05) is 12.8 Å². The lowest BCUT2D eigenvalue weighted by molar-refractivity contribution is -0.143. The first-order valence-electron chi connectivity index (χ1n) is 9.16. The maximum Gasteiger partial charge on any atom is 0.305 e. The SMILES string of the molecule is CCOC(=O)CCCCCCC(=O)c1ccc(N(CC)CC)cc1. The summed E-state index contributed by atoms with van der Waals surface area (Å²) in [5.41, 5.74) is 1.95. The summed E-state index contributed by atoms with van der Waals surface area (Å²) in [4.78, 5) is 25.7. The van der Waals surface area contributed by atoms with Crippen LogP contribution in [-0.4, -0.2) is 31.4 Å². The number of esters is 1. The van der Waals surface area contributed by atoms with Crippen LogP contribution in [0.4, 0.5) is 5.69 Å². The smallest absolute Gasteiger partial charge is 0.305 e. The predicted octanol–water partition coefficient (Wildman–Crippen LogP) is 4.62. The standard InChI is InChI=1S/C20H31NO3/c1-4-21(5-2)18-15-13-17(14-16-18)19(22)11-9-7-8-10-12-20(23)24-6-3/h13-16H,4-12H2,1-3H3. The van der Waals surface area contributed by atoms with E-state index in [2.05, 4.69) is 18.7 Å². The Morgan fingerprint density at radius 2 is 1.46 bits per heavy atom. The van der Waals surface area contributed by atoms with Crippen molar-refractivity contribution in [2.24, 2.45) is 0 Å². The summed E-state index contributed by atoms with van der Waals surface area (Å²) in [7, 11) is 0. The largest absolute Gasteiger partial charge is 0.466 e. The minimum absolute atomic E-state index is 0.123. The van der Waals surface area contributed by atoms with E-state index in [0.29, 0.717) is 19.4 Å². The average molecular weight is 333 g/mol. The van der Waals surface area contributed by atoms with Crippen LogP contribution in [0.3, 0.4) is 0 Å². The van der Waals surface area contributed by atoms with Crippen LogP contribution in [-0.2, 0) is 9.53 Å². The molecular formula is C20H31NO3. The quantitative estimate of drug-likeness (QED) is 0.318. The first kappa shape index (κ1) is 20.2. The minimum Gasteiger partial charge on any atom is -0.466 e. The molecule has 0 radical (unpaired) electrons. The Kier molecular flexibility index (Phi) is 9.81. The molecule has 0 aromatic heterocycles. The van der Waals surface area contributed by atoms with Crippen LogP contribution in [0.15, 0.2) is 24.3 Å². The lowest BCUT2D eigenvalue weighted by Crippen LogP contribution is -2.21. The van der Waals surface area contributed by atoms with Crippen molar-refractivity contribution in [3.8, 4) is 0 Å². The van der Waals surface area contributed by atoms with Crippen LogP contribution in [0.25, 0.3) is 0 Å². The number of benzene rings is 1. The zero-order valence-electron chi connectivity index (χ0n) is 15.3. The summed E-state index contributed by atoms with van der Waals surface area (Å²) in [6.45, 7) is 8.46. The van der Waals surface area contributed by atoms with Gasteiger partial charge in [-0.3, -0.25) is 9.59 Å². The van der Waals surface area contributed by atoms with Gasteiger partial charge in [0, 0.05) is 37.2 Å². The van der Waals surface area contributed by atoms with Crippen LogP contribution in [0.5, 0.6) is 0 Å². The number of unbranched alkanes of at least 4 members (excludes halogenated alkanes) is 3. The van der Waals surface area contributed by atoms with E-state index in [1.54, 1.807) is 0 Å². The highest BCUT2D eigenvalue weighted by Crippen LogP contribution is 2.17. The Balaban J connectivity index is 2.27. The Bertz CT molecular complexity index is 492. The molecular weight excluding hydrogens is 302 g/mol. The van der Waals surface area contributed by atoms with E-state index in [1.807, 2.05) is 31.2 Å². The Morgan fingerprint density at radius 3 is 2.00 bits per heavy atom. The minimum atomic E-state index is -0.123.